The predicted octanol–water partition coefficient (Wildman–Crippen LogP) is 4.13. The first-order chi connectivity index (χ1) is 17.7. The van der Waals surface area contributed by atoms with E-state index in [9.17, 15) is 8.42 Å². The molecule has 0 saturated carbocycles. The van der Waals surface area contributed by atoms with Gasteiger partial charge in [0.2, 0.25) is 10.0 Å². The summed E-state index contributed by atoms with van der Waals surface area (Å²) in [6, 6.07) is 18.5. The zero-order valence-corrected chi connectivity index (χ0v) is 22.1. The topological polar surface area (TPSA) is 101 Å². The Balaban J connectivity index is 1.64. The highest BCUT2D eigenvalue weighted by atomic mass is 32.2. The van der Waals surface area contributed by atoms with Gasteiger partial charge in [-0.3, -0.25) is 9.71 Å². The lowest BCUT2D eigenvalue weighted by molar-refractivity contribution is 0.417. The van der Waals surface area contributed by atoms with Crippen molar-refractivity contribution in [3.8, 4) is 11.6 Å². The zero-order chi connectivity index (χ0) is 26.2. The molecule has 1 aromatic carbocycles. The molecule has 0 radical (unpaired) electrons. The number of nitrogens with zero attached hydrogens (tertiary/aromatic N) is 4. The number of benzene rings is 1. The summed E-state index contributed by atoms with van der Waals surface area (Å²) in [6.45, 7) is 2.00. The van der Waals surface area contributed by atoms with Crippen LogP contribution in [0.15, 0.2) is 79.3 Å². The van der Waals surface area contributed by atoms with E-state index in [2.05, 4.69) is 20.0 Å². The summed E-state index contributed by atoms with van der Waals surface area (Å²) < 4.78 is 33.7. The summed E-state index contributed by atoms with van der Waals surface area (Å²) in [4.78, 5) is 11.2. The van der Waals surface area contributed by atoms with E-state index in [4.69, 9.17) is 17.0 Å². The maximum absolute atomic E-state index is 11.8. The smallest absolute Gasteiger partial charge is 0.229 e. The van der Waals surface area contributed by atoms with Crippen LogP contribution < -0.4 is 19.7 Å². The van der Waals surface area contributed by atoms with Crippen LogP contribution in [0.25, 0.3) is 5.82 Å². The molecule has 11 heteroatoms. The normalized spacial score (nSPS) is 17.5. The molecule has 9 nitrogen and oxygen atoms in total. The fourth-order valence-corrected chi connectivity index (χ4v) is 5.41. The quantitative estimate of drug-likeness (QED) is 0.341. The fourth-order valence-electron chi connectivity index (χ4n) is 4.49. The summed E-state index contributed by atoms with van der Waals surface area (Å²) in [7, 11) is -1.99. The number of sulfonamides is 1. The van der Waals surface area contributed by atoms with Gasteiger partial charge in [-0.05, 0) is 67.2 Å². The van der Waals surface area contributed by atoms with Crippen molar-refractivity contribution in [1.82, 2.24) is 19.9 Å². The molecule has 0 aliphatic carbocycles. The Kier molecular flexibility index (Phi) is 6.57. The molecule has 0 bridgehead atoms. The third-order valence-electron chi connectivity index (χ3n) is 6.08. The molecule has 1 aliphatic heterocycles. The number of rotatable bonds is 7. The van der Waals surface area contributed by atoms with E-state index in [0.717, 1.165) is 34.7 Å². The maximum Gasteiger partial charge on any atom is 0.229 e. The molecule has 1 saturated heterocycles. The SMILES string of the molecule is COc1cc(N2C(=S)NC(c3ccccn3)C2c2cccn2-c2ccc(C)cn2)ccc1NS(C)(=O)=O. The fraction of sp³-hybridized carbons (Fsp3) is 0.192. The molecule has 2 N–H and O–H groups in total. The highest BCUT2D eigenvalue weighted by Crippen LogP contribution is 2.43. The predicted molar refractivity (Wildman–Crippen MR) is 148 cm³/mol. The molecule has 37 heavy (non-hydrogen) atoms. The van der Waals surface area contributed by atoms with Gasteiger partial charge >= 0.3 is 0 Å². The van der Waals surface area contributed by atoms with Crippen LogP contribution >= 0.6 is 12.2 Å². The molecule has 0 spiro atoms. The van der Waals surface area contributed by atoms with Gasteiger partial charge in [-0.1, -0.05) is 12.1 Å². The number of anilines is 2. The van der Waals surface area contributed by atoms with Crippen LogP contribution in [-0.4, -0.2) is 41.4 Å². The summed E-state index contributed by atoms with van der Waals surface area (Å²) in [5.74, 6) is 1.16. The molecule has 190 valence electrons. The lowest BCUT2D eigenvalue weighted by Crippen LogP contribution is -2.30. The summed E-state index contributed by atoms with van der Waals surface area (Å²) in [5.41, 5.74) is 3.95. The van der Waals surface area contributed by atoms with Gasteiger partial charge in [0, 0.05) is 36.0 Å². The van der Waals surface area contributed by atoms with Crippen molar-refractivity contribution in [1.29, 1.82) is 0 Å². The van der Waals surface area contributed by atoms with E-state index in [0.29, 0.717) is 16.5 Å². The Morgan fingerprint density at radius 3 is 2.59 bits per heavy atom. The Morgan fingerprint density at radius 1 is 1.08 bits per heavy atom. The number of hydrogen-bond acceptors (Lipinski definition) is 6. The van der Waals surface area contributed by atoms with Gasteiger partial charge in [-0.15, -0.1) is 0 Å². The van der Waals surface area contributed by atoms with Gasteiger partial charge in [0.05, 0.1) is 30.8 Å². The van der Waals surface area contributed by atoms with Crippen LogP contribution in [-0.2, 0) is 10.0 Å². The van der Waals surface area contributed by atoms with Crippen molar-refractivity contribution in [2.24, 2.45) is 0 Å². The number of pyridine rings is 2. The molecular weight excluding hydrogens is 508 g/mol. The summed E-state index contributed by atoms with van der Waals surface area (Å²) in [5, 5.41) is 3.95. The number of nitrogens with one attached hydrogen (secondary N) is 2. The molecule has 1 fully saturated rings. The monoisotopic (exact) mass is 534 g/mol. The van der Waals surface area contributed by atoms with E-state index in [1.54, 1.807) is 18.3 Å². The average Bonchev–Trinajstić information content (AvgIpc) is 3.49. The highest BCUT2D eigenvalue weighted by molar-refractivity contribution is 7.92. The highest BCUT2D eigenvalue weighted by Gasteiger charge is 2.42. The summed E-state index contributed by atoms with van der Waals surface area (Å²) in [6.07, 6.45) is 6.67. The first-order valence-electron chi connectivity index (χ1n) is 11.5. The van der Waals surface area contributed by atoms with Crippen LogP contribution in [0.1, 0.15) is 29.0 Å². The minimum Gasteiger partial charge on any atom is -0.494 e. The van der Waals surface area contributed by atoms with Crippen LogP contribution in [0.2, 0.25) is 0 Å². The van der Waals surface area contributed by atoms with Gasteiger partial charge in [-0.25, -0.2) is 13.4 Å². The molecule has 2 atom stereocenters. The van der Waals surface area contributed by atoms with Crippen molar-refractivity contribution in [2.75, 3.05) is 23.0 Å². The molecule has 0 amide bonds. The van der Waals surface area contributed by atoms with Crippen molar-refractivity contribution >= 4 is 38.7 Å². The first-order valence-corrected chi connectivity index (χ1v) is 13.8. The lowest BCUT2D eigenvalue weighted by Gasteiger charge is -2.29. The van der Waals surface area contributed by atoms with E-state index < -0.39 is 10.0 Å². The number of methoxy groups -OCH3 is 1. The van der Waals surface area contributed by atoms with Crippen molar-refractivity contribution in [3.63, 3.8) is 0 Å². The van der Waals surface area contributed by atoms with Gasteiger partial charge in [0.15, 0.2) is 5.11 Å². The van der Waals surface area contributed by atoms with Crippen LogP contribution in [0.4, 0.5) is 11.4 Å². The van der Waals surface area contributed by atoms with Crippen molar-refractivity contribution in [3.05, 3.63) is 96.2 Å². The van der Waals surface area contributed by atoms with Crippen molar-refractivity contribution in [2.45, 2.75) is 19.0 Å². The average molecular weight is 535 g/mol. The maximum atomic E-state index is 11.8. The molecule has 2 unspecified atom stereocenters. The number of aryl methyl sites for hydroxylation is 1. The van der Waals surface area contributed by atoms with Crippen LogP contribution in [0, 0.1) is 6.92 Å². The Labute approximate surface area is 221 Å². The molecular formula is C26H26N6O3S2. The molecule has 4 aromatic rings. The number of thiocarbonyl (C=S) groups is 1. The summed E-state index contributed by atoms with van der Waals surface area (Å²) >= 11 is 5.84. The largest absolute Gasteiger partial charge is 0.494 e. The van der Waals surface area contributed by atoms with Gasteiger partial charge in [0.25, 0.3) is 0 Å². The lowest BCUT2D eigenvalue weighted by atomic mass is 10.0. The van der Waals surface area contributed by atoms with Gasteiger partial charge < -0.3 is 19.5 Å². The minimum absolute atomic E-state index is 0.257. The third kappa shape index (κ3) is 5.00. The van der Waals surface area contributed by atoms with E-state index in [1.807, 2.05) is 77.3 Å². The van der Waals surface area contributed by atoms with Crippen LogP contribution in [0.3, 0.4) is 0 Å². The number of ether oxygens (including phenoxy) is 1. The zero-order valence-electron chi connectivity index (χ0n) is 20.5. The van der Waals surface area contributed by atoms with Crippen molar-refractivity contribution < 1.29 is 13.2 Å². The third-order valence-corrected chi connectivity index (χ3v) is 6.99. The minimum atomic E-state index is -3.48. The van der Waals surface area contributed by atoms with Crippen LogP contribution in [0.5, 0.6) is 5.75 Å². The first kappa shape index (κ1) is 24.7. The number of hydrogen-bond donors (Lipinski definition) is 2. The second kappa shape index (κ2) is 9.83. The second-order valence-corrected chi connectivity index (χ2v) is 10.9. The Hall–Kier alpha value is -3.96. The van der Waals surface area contributed by atoms with Gasteiger partial charge in [0.1, 0.15) is 17.6 Å². The molecule has 3 aromatic heterocycles. The van der Waals surface area contributed by atoms with Gasteiger partial charge in [-0.2, -0.15) is 0 Å². The second-order valence-electron chi connectivity index (χ2n) is 8.75. The van der Waals surface area contributed by atoms with E-state index >= 15 is 0 Å². The van der Waals surface area contributed by atoms with E-state index in [1.165, 1.54) is 7.11 Å². The Bertz CT molecular complexity index is 1540. The molecule has 5 rings (SSSR count). The molecule has 4 heterocycles. The standard InChI is InChI=1S/C26H26N6O3S2/c1-17-9-12-23(28-16-17)31-14-6-8-21(31)25-24(20-7-4-5-13-27-20)29-26(36)32(25)18-10-11-19(22(15-18)35-2)30-37(3,33)34/h4-16,24-25,30H,1-3H3,(H,29,36). The number of aromatic nitrogens is 3. The molecule has 1 aliphatic rings. The Morgan fingerprint density at radius 2 is 1.92 bits per heavy atom. The van der Waals surface area contributed by atoms with E-state index in [-0.39, 0.29) is 12.1 Å².